The molecule has 116 valence electrons. The molecule has 0 N–H and O–H groups in total. The predicted octanol–water partition coefficient (Wildman–Crippen LogP) is 4.11. The number of hydrogen-bond donors (Lipinski definition) is 0. The summed E-state index contributed by atoms with van der Waals surface area (Å²) in [5.74, 6) is 0.181. The second-order valence-corrected chi connectivity index (χ2v) is 7.76. The van der Waals surface area contributed by atoms with Crippen molar-refractivity contribution >= 4 is 18.5 Å². The third-order valence-electron chi connectivity index (χ3n) is 4.59. The van der Waals surface area contributed by atoms with Gasteiger partial charge in [0.2, 0.25) is 0 Å². The van der Waals surface area contributed by atoms with Crippen LogP contribution in [0.5, 0.6) is 0 Å². The van der Waals surface area contributed by atoms with Crippen molar-refractivity contribution in [2.45, 2.75) is 63.2 Å². The molecule has 1 aliphatic heterocycles. The van der Waals surface area contributed by atoms with Crippen molar-refractivity contribution in [3.63, 3.8) is 0 Å². The van der Waals surface area contributed by atoms with Gasteiger partial charge in [0.15, 0.2) is 5.01 Å². The van der Waals surface area contributed by atoms with Gasteiger partial charge < -0.3 is 9.31 Å². The summed E-state index contributed by atoms with van der Waals surface area (Å²) in [4.78, 5) is 4.15. The van der Waals surface area contributed by atoms with E-state index in [1.54, 1.807) is 0 Å². The third-order valence-corrected chi connectivity index (χ3v) is 5.77. The van der Waals surface area contributed by atoms with Gasteiger partial charge in [0.1, 0.15) is 0 Å². The van der Waals surface area contributed by atoms with Crippen molar-refractivity contribution in [1.82, 2.24) is 4.98 Å². The average Bonchev–Trinajstić information content (AvgIpc) is 2.87. The summed E-state index contributed by atoms with van der Waals surface area (Å²) in [7, 11) is -0.351. The van der Waals surface area contributed by atoms with Crippen LogP contribution in [-0.2, 0) is 15.5 Å². The van der Waals surface area contributed by atoms with Crippen LogP contribution in [0.15, 0.2) is 6.20 Å². The zero-order valence-electron chi connectivity index (χ0n) is 12.3. The summed E-state index contributed by atoms with van der Waals surface area (Å²) in [6.45, 7) is 7.88. The van der Waals surface area contributed by atoms with Gasteiger partial charge in [-0.3, -0.25) is 0 Å². The van der Waals surface area contributed by atoms with Gasteiger partial charge in [0.05, 0.1) is 11.2 Å². The molecule has 1 saturated carbocycles. The highest BCUT2D eigenvalue weighted by molar-refractivity contribution is 7.11. The molecule has 8 heteroatoms. The Labute approximate surface area is 126 Å². The topological polar surface area (TPSA) is 31.4 Å². The fourth-order valence-electron chi connectivity index (χ4n) is 2.50. The smallest absolute Gasteiger partial charge is 0.403 e. The molecule has 0 bridgehead atoms. The molecule has 0 aromatic carbocycles. The zero-order chi connectivity index (χ0) is 15.6. The molecular weight excluding hydrogens is 302 g/mol. The maximum absolute atomic E-state index is 12.6. The zero-order valence-corrected chi connectivity index (χ0v) is 13.1. The summed E-state index contributed by atoms with van der Waals surface area (Å²) in [5.41, 5.74) is -0.814. The van der Waals surface area contributed by atoms with Crippen LogP contribution in [0.1, 0.15) is 49.9 Å². The van der Waals surface area contributed by atoms with Gasteiger partial charge in [-0.15, -0.1) is 11.3 Å². The standard InChI is InChI=1S/C13H17BF3NO2S/c1-11(2)12(3,4)20-14(19-11)8-5-7(8)9-6-18-10(21-9)13(15,16)17/h6-8H,5H2,1-4H3/t7-,8-/m0/s1. The Morgan fingerprint density at radius 2 is 1.81 bits per heavy atom. The van der Waals surface area contributed by atoms with Crippen molar-refractivity contribution in [3.05, 3.63) is 16.1 Å². The number of alkyl halides is 3. The molecule has 0 spiro atoms. The lowest BCUT2D eigenvalue weighted by Crippen LogP contribution is -2.41. The van der Waals surface area contributed by atoms with Gasteiger partial charge in [-0.25, -0.2) is 4.98 Å². The molecule has 2 atom stereocenters. The summed E-state index contributed by atoms with van der Waals surface area (Å²) >= 11 is 0.726. The van der Waals surface area contributed by atoms with E-state index in [1.165, 1.54) is 6.20 Å². The quantitative estimate of drug-likeness (QED) is 0.769. The van der Waals surface area contributed by atoms with Crippen LogP contribution in [0.25, 0.3) is 0 Å². The van der Waals surface area contributed by atoms with Gasteiger partial charge in [-0.2, -0.15) is 13.2 Å². The maximum Gasteiger partial charge on any atom is 0.461 e. The van der Waals surface area contributed by atoms with E-state index in [-0.39, 0.29) is 18.9 Å². The van der Waals surface area contributed by atoms with Crippen molar-refractivity contribution in [2.24, 2.45) is 0 Å². The van der Waals surface area contributed by atoms with Crippen LogP contribution in [0.2, 0.25) is 5.82 Å². The van der Waals surface area contributed by atoms with E-state index >= 15 is 0 Å². The van der Waals surface area contributed by atoms with Crippen LogP contribution >= 0.6 is 11.3 Å². The van der Waals surface area contributed by atoms with Crippen molar-refractivity contribution in [1.29, 1.82) is 0 Å². The van der Waals surface area contributed by atoms with E-state index in [1.807, 2.05) is 27.7 Å². The molecule has 2 fully saturated rings. The van der Waals surface area contributed by atoms with Crippen LogP contribution in [0.4, 0.5) is 13.2 Å². The summed E-state index contributed by atoms with van der Waals surface area (Å²) in [6.07, 6.45) is -2.24. The molecular formula is C13H17BF3NO2S. The number of thiazole rings is 1. The molecule has 1 aromatic rings. The second-order valence-electron chi connectivity index (χ2n) is 6.70. The third kappa shape index (κ3) is 2.62. The van der Waals surface area contributed by atoms with Gasteiger partial charge in [-0.1, -0.05) is 0 Å². The lowest BCUT2D eigenvalue weighted by molar-refractivity contribution is -0.137. The molecule has 21 heavy (non-hydrogen) atoms. The normalized spacial score (nSPS) is 30.7. The van der Waals surface area contributed by atoms with E-state index in [0.717, 1.165) is 17.8 Å². The average molecular weight is 319 g/mol. The molecule has 0 amide bonds. The Morgan fingerprint density at radius 1 is 1.24 bits per heavy atom. The Bertz CT molecular complexity index is 542. The van der Waals surface area contributed by atoms with Crippen LogP contribution in [0.3, 0.4) is 0 Å². The minimum absolute atomic E-state index is 0.0632. The minimum Gasteiger partial charge on any atom is -0.403 e. The molecule has 3 rings (SSSR count). The van der Waals surface area contributed by atoms with Gasteiger partial charge in [0.25, 0.3) is 0 Å². The fraction of sp³-hybridized carbons (Fsp3) is 0.769. The molecule has 1 saturated heterocycles. The molecule has 1 aliphatic carbocycles. The van der Waals surface area contributed by atoms with Gasteiger partial charge >= 0.3 is 13.3 Å². The monoisotopic (exact) mass is 319 g/mol. The number of nitrogens with zero attached hydrogens (tertiary/aromatic N) is 1. The molecule has 1 aromatic heterocycles. The van der Waals surface area contributed by atoms with Crippen molar-refractivity contribution in [2.75, 3.05) is 0 Å². The Hall–Kier alpha value is -0.595. The second kappa shape index (κ2) is 4.46. The van der Waals surface area contributed by atoms with Gasteiger partial charge in [0, 0.05) is 16.9 Å². The summed E-state index contributed by atoms with van der Waals surface area (Å²) in [6, 6.07) is 0. The largest absolute Gasteiger partial charge is 0.461 e. The van der Waals surface area contributed by atoms with E-state index in [2.05, 4.69) is 4.98 Å². The lowest BCUT2D eigenvalue weighted by Gasteiger charge is -2.32. The van der Waals surface area contributed by atoms with Gasteiger partial charge in [-0.05, 0) is 40.0 Å². The first-order valence-electron chi connectivity index (χ1n) is 6.90. The lowest BCUT2D eigenvalue weighted by atomic mass is 9.80. The predicted molar refractivity (Wildman–Crippen MR) is 74.3 cm³/mol. The van der Waals surface area contributed by atoms with Crippen LogP contribution in [-0.4, -0.2) is 23.3 Å². The highest BCUT2D eigenvalue weighted by atomic mass is 32.1. The number of hydrogen-bond acceptors (Lipinski definition) is 4. The van der Waals surface area contributed by atoms with Crippen LogP contribution < -0.4 is 0 Å². The van der Waals surface area contributed by atoms with Crippen LogP contribution in [0, 0.1) is 0 Å². The summed E-state index contributed by atoms with van der Waals surface area (Å²) < 4.78 is 49.7. The van der Waals surface area contributed by atoms with E-state index in [4.69, 9.17) is 9.31 Å². The molecule has 2 aliphatic rings. The van der Waals surface area contributed by atoms with Crippen molar-refractivity contribution < 1.29 is 22.5 Å². The van der Waals surface area contributed by atoms with E-state index in [0.29, 0.717) is 4.88 Å². The molecule has 0 radical (unpaired) electrons. The Kier molecular flexibility index (Phi) is 3.25. The SMILES string of the molecule is CC1(C)OB([C@H]2C[C@@H]2c2cnc(C(F)(F)F)s2)OC1(C)C. The van der Waals surface area contributed by atoms with E-state index < -0.39 is 22.4 Å². The summed E-state index contributed by atoms with van der Waals surface area (Å²) in [5, 5.41) is -0.780. The first kappa shape index (κ1) is 15.3. The van der Waals surface area contributed by atoms with Crippen molar-refractivity contribution in [3.8, 4) is 0 Å². The highest BCUT2D eigenvalue weighted by Crippen LogP contribution is 2.59. The Morgan fingerprint density at radius 3 is 2.29 bits per heavy atom. The van der Waals surface area contributed by atoms with E-state index in [9.17, 15) is 13.2 Å². The first-order valence-corrected chi connectivity index (χ1v) is 7.71. The number of rotatable bonds is 2. The molecule has 0 unspecified atom stereocenters. The minimum atomic E-state index is -4.36. The number of aromatic nitrogens is 1. The fourth-order valence-corrected chi connectivity index (χ4v) is 3.47. The number of halogens is 3. The molecule has 3 nitrogen and oxygen atoms in total. The molecule has 2 heterocycles. The highest BCUT2D eigenvalue weighted by Gasteiger charge is 2.60. The first-order chi connectivity index (χ1) is 9.51. The Balaban J connectivity index is 1.69. The maximum atomic E-state index is 12.6.